The van der Waals surface area contributed by atoms with Gasteiger partial charge in [-0.2, -0.15) is 0 Å². The maximum Gasteiger partial charge on any atom is 0.123 e. The Bertz CT molecular complexity index is 326. The minimum atomic E-state index is -0.154. The molecule has 0 aliphatic carbocycles. The molecule has 0 bridgehead atoms. The molecule has 0 radical (unpaired) electrons. The summed E-state index contributed by atoms with van der Waals surface area (Å²) in [4.78, 5) is 2.48. The molecule has 2 rings (SSSR count). The van der Waals surface area contributed by atoms with Gasteiger partial charge in [0, 0.05) is 32.2 Å². The number of nitrogens with one attached hydrogen (secondary N) is 1. The molecule has 1 aromatic carbocycles. The molecule has 0 unspecified atom stereocenters. The van der Waals surface area contributed by atoms with Crippen LogP contribution < -0.4 is 5.32 Å². The standard InChI is InChI=1S/C13H19FN2.2ClH/c1-2-13(16-9-7-15-8-10-16)11-3-5-12(14)6-4-11;;/h3-6,13,15H,2,7-10H2,1H3;2*1H/t13-;;/m0../s1. The van der Waals surface area contributed by atoms with Crippen molar-refractivity contribution in [2.75, 3.05) is 26.2 Å². The van der Waals surface area contributed by atoms with Crippen LogP contribution in [0.2, 0.25) is 0 Å². The average Bonchev–Trinajstić information content (AvgIpc) is 2.34. The predicted octanol–water partition coefficient (Wildman–Crippen LogP) is 3.03. The molecule has 1 aliphatic heterocycles. The first-order chi connectivity index (χ1) is 7.81. The van der Waals surface area contributed by atoms with E-state index in [0.29, 0.717) is 6.04 Å². The van der Waals surface area contributed by atoms with Gasteiger partial charge in [0.15, 0.2) is 0 Å². The van der Waals surface area contributed by atoms with Crippen molar-refractivity contribution in [3.8, 4) is 0 Å². The third-order valence-electron chi connectivity index (χ3n) is 3.23. The molecule has 1 saturated heterocycles. The monoisotopic (exact) mass is 294 g/mol. The van der Waals surface area contributed by atoms with E-state index in [1.54, 1.807) is 12.1 Å². The van der Waals surface area contributed by atoms with Gasteiger partial charge in [-0.3, -0.25) is 4.90 Å². The van der Waals surface area contributed by atoms with Crippen LogP contribution in [-0.4, -0.2) is 31.1 Å². The van der Waals surface area contributed by atoms with Gasteiger partial charge in [-0.1, -0.05) is 19.1 Å². The van der Waals surface area contributed by atoms with Gasteiger partial charge in [0.25, 0.3) is 0 Å². The van der Waals surface area contributed by atoms with Gasteiger partial charge < -0.3 is 5.32 Å². The summed E-state index contributed by atoms with van der Waals surface area (Å²) in [7, 11) is 0. The maximum absolute atomic E-state index is 12.9. The third kappa shape index (κ3) is 4.39. The van der Waals surface area contributed by atoms with Crippen molar-refractivity contribution in [1.82, 2.24) is 10.2 Å². The molecule has 0 spiro atoms. The molecule has 0 amide bonds. The summed E-state index contributed by atoms with van der Waals surface area (Å²) < 4.78 is 12.9. The molecule has 0 saturated carbocycles. The molecule has 1 aliphatic rings. The van der Waals surface area contributed by atoms with Crippen molar-refractivity contribution in [1.29, 1.82) is 0 Å². The molecule has 5 heteroatoms. The summed E-state index contributed by atoms with van der Waals surface area (Å²) in [5.41, 5.74) is 1.23. The van der Waals surface area contributed by atoms with Gasteiger partial charge in [-0.15, -0.1) is 24.8 Å². The summed E-state index contributed by atoms with van der Waals surface area (Å²) in [6.07, 6.45) is 1.08. The highest BCUT2D eigenvalue weighted by atomic mass is 35.5. The molecule has 1 aromatic rings. The Balaban J connectivity index is 0.00000144. The summed E-state index contributed by atoms with van der Waals surface area (Å²) >= 11 is 0. The zero-order valence-electron chi connectivity index (χ0n) is 10.6. The fraction of sp³-hybridized carbons (Fsp3) is 0.538. The molecule has 1 atom stereocenters. The van der Waals surface area contributed by atoms with Crippen LogP contribution in [0.3, 0.4) is 0 Å². The van der Waals surface area contributed by atoms with Gasteiger partial charge in [0.05, 0.1) is 0 Å². The zero-order valence-corrected chi connectivity index (χ0v) is 12.2. The van der Waals surface area contributed by atoms with Gasteiger partial charge in [-0.25, -0.2) is 4.39 Å². The van der Waals surface area contributed by atoms with Crippen molar-refractivity contribution in [2.45, 2.75) is 19.4 Å². The largest absolute Gasteiger partial charge is 0.314 e. The van der Waals surface area contributed by atoms with Crippen LogP contribution in [0.15, 0.2) is 24.3 Å². The van der Waals surface area contributed by atoms with Crippen LogP contribution in [0, 0.1) is 5.82 Å². The van der Waals surface area contributed by atoms with Crippen LogP contribution in [0.5, 0.6) is 0 Å². The van der Waals surface area contributed by atoms with Crippen molar-refractivity contribution < 1.29 is 4.39 Å². The zero-order chi connectivity index (χ0) is 11.4. The molecule has 104 valence electrons. The van der Waals surface area contributed by atoms with Gasteiger partial charge in [0.2, 0.25) is 0 Å². The lowest BCUT2D eigenvalue weighted by atomic mass is 10.0. The van der Waals surface area contributed by atoms with E-state index < -0.39 is 0 Å². The average molecular weight is 295 g/mol. The van der Waals surface area contributed by atoms with E-state index in [1.807, 2.05) is 12.1 Å². The normalized spacial score (nSPS) is 17.4. The lowest BCUT2D eigenvalue weighted by molar-refractivity contribution is 0.169. The van der Waals surface area contributed by atoms with Crippen LogP contribution >= 0.6 is 24.8 Å². The number of hydrogen-bond donors (Lipinski definition) is 1. The smallest absolute Gasteiger partial charge is 0.123 e. The lowest BCUT2D eigenvalue weighted by Gasteiger charge is -2.34. The molecule has 0 aromatic heterocycles. The number of hydrogen-bond acceptors (Lipinski definition) is 2. The van der Waals surface area contributed by atoms with E-state index in [2.05, 4.69) is 17.1 Å². The number of rotatable bonds is 3. The summed E-state index contributed by atoms with van der Waals surface area (Å²) in [5, 5.41) is 3.35. The summed E-state index contributed by atoms with van der Waals surface area (Å²) in [6, 6.07) is 7.36. The minimum Gasteiger partial charge on any atom is -0.314 e. The minimum absolute atomic E-state index is 0. The Morgan fingerprint density at radius 2 is 1.72 bits per heavy atom. The van der Waals surface area contributed by atoms with Crippen molar-refractivity contribution in [3.05, 3.63) is 35.6 Å². The molecule has 18 heavy (non-hydrogen) atoms. The molecular weight excluding hydrogens is 274 g/mol. The maximum atomic E-state index is 12.9. The van der Waals surface area contributed by atoms with Crippen molar-refractivity contribution in [2.24, 2.45) is 0 Å². The van der Waals surface area contributed by atoms with E-state index in [4.69, 9.17) is 0 Å². The van der Waals surface area contributed by atoms with E-state index in [-0.39, 0.29) is 30.6 Å². The Hall–Kier alpha value is -0.350. The lowest BCUT2D eigenvalue weighted by Crippen LogP contribution is -2.45. The number of benzene rings is 1. The Morgan fingerprint density at radius 1 is 1.17 bits per heavy atom. The molecule has 1 heterocycles. The highest BCUT2D eigenvalue weighted by Gasteiger charge is 2.20. The Morgan fingerprint density at radius 3 is 2.22 bits per heavy atom. The first kappa shape index (κ1) is 17.6. The predicted molar refractivity (Wildman–Crippen MR) is 78.4 cm³/mol. The Kier molecular flexibility index (Phi) is 8.53. The van der Waals surface area contributed by atoms with Crippen molar-refractivity contribution in [3.63, 3.8) is 0 Å². The third-order valence-corrected chi connectivity index (χ3v) is 3.23. The second-order valence-electron chi connectivity index (χ2n) is 4.26. The summed E-state index contributed by atoms with van der Waals surface area (Å²) in [5.74, 6) is -0.154. The van der Waals surface area contributed by atoms with E-state index in [0.717, 1.165) is 32.6 Å². The van der Waals surface area contributed by atoms with Crippen LogP contribution in [-0.2, 0) is 0 Å². The highest BCUT2D eigenvalue weighted by Crippen LogP contribution is 2.24. The first-order valence-corrected chi connectivity index (χ1v) is 6.01. The number of halogens is 3. The number of piperazine rings is 1. The van der Waals surface area contributed by atoms with Gasteiger partial charge in [0.1, 0.15) is 5.82 Å². The van der Waals surface area contributed by atoms with Crippen LogP contribution in [0.1, 0.15) is 24.9 Å². The second-order valence-corrected chi connectivity index (χ2v) is 4.26. The van der Waals surface area contributed by atoms with Crippen LogP contribution in [0.4, 0.5) is 4.39 Å². The fourth-order valence-electron chi connectivity index (χ4n) is 2.38. The molecule has 2 nitrogen and oxygen atoms in total. The van der Waals surface area contributed by atoms with Crippen LogP contribution in [0.25, 0.3) is 0 Å². The number of nitrogens with zero attached hydrogens (tertiary/aromatic N) is 1. The van der Waals surface area contributed by atoms with Gasteiger partial charge >= 0.3 is 0 Å². The molecular formula is C13H21Cl2FN2. The molecule has 1 N–H and O–H groups in total. The second kappa shape index (κ2) is 8.70. The highest BCUT2D eigenvalue weighted by molar-refractivity contribution is 5.85. The SMILES string of the molecule is CC[C@@H](c1ccc(F)cc1)N1CCNCC1.Cl.Cl. The topological polar surface area (TPSA) is 15.3 Å². The summed E-state index contributed by atoms with van der Waals surface area (Å²) in [6.45, 7) is 6.46. The van der Waals surface area contributed by atoms with Gasteiger partial charge in [-0.05, 0) is 24.1 Å². The van der Waals surface area contributed by atoms with E-state index in [1.165, 1.54) is 5.56 Å². The molecule has 1 fully saturated rings. The first-order valence-electron chi connectivity index (χ1n) is 6.01. The fourth-order valence-corrected chi connectivity index (χ4v) is 2.38. The Labute approximate surface area is 121 Å². The van der Waals surface area contributed by atoms with E-state index >= 15 is 0 Å². The van der Waals surface area contributed by atoms with E-state index in [9.17, 15) is 4.39 Å². The quantitative estimate of drug-likeness (QED) is 0.922. The van der Waals surface area contributed by atoms with Crippen molar-refractivity contribution >= 4 is 24.8 Å².